The minimum absolute atomic E-state index is 0. The minimum Gasteiger partial charge on any atom is -0.383 e. The van der Waals surface area contributed by atoms with E-state index in [2.05, 4.69) is 50.5 Å². The van der Waals surface area contributed by atoms with Crippen molar-refractivity contribution in [3.8, 4) is 11.3 Å². The van der Waals surface area contributed by atoms with Gasteiger partial charge in [-0.2, -0.15) is 0 Å². The minimum atomic E-state index is 0. The average molecular weight is 664 g/mol. The molecular formula is C28H35Cl4N5OS2. The Morgan fingerprint density at radius 1 is 1.10 bits per heavy atom. The third-order valence-electron chi connectivity index (χ3n) is 7.03. The smallest absolute Gasteiger partial charge is 0.230 e. The molecule has 2 aliphatic heterocycles. The highest BCUT2D eigenvalue weighted by molar-refractivity contribution is 8.01. The Kier molecular flexibility index (Phi) is 13.7. The predicted octanol–water partition coefficient (Wildman–Crippen LogP) is 7.00. The molecule has 0 saturated carbocycles. The Morgan fingerprint density at radius 2 is 1.93 bits per heavy atom. The predicted molar refractivity (Wildman–Crippen MR) is 175 cm³/mol. The van der Waals surface area contributed by atoms with Crippen LogP contribution in [0.1, 0.15) is 31.2 Å². The zero-order valence-corrected chi connectivity index (χ0v) is 26.8. The lowest BCUT2D eigenvalue weighted by molar-refractivity contribution is -0.119. The summed E-state index contributed by atoms with van der Waals surface area (Å²) in [6, 6.07) is 15.0. The third-order valence-corrected chi connectivity index (χ3v) is 9.79. The van der Waals surface area contributed by atoms with Gasteiger partial charge < -0.3 is 16.0 Å². The van der Waals surface area contributed by atoms with Gasteiger partial charge in [0.05, 0.1) is 21.5 Å². The fourth-order valence-corrected chi connectivity index (χ4v) is 6.91. The van der Waals surface area contributed by atoms with E-state index in [0.29, 0.717) is 21.8 Å². The van der Waals surface area contributed by atoms with E-state index in [1.165, 1.54) is 24.6 Å². The van der Waals surface area contributed by atoms with E-state index in [9.17, 15) is 4.79 Å². The van der Waals surface area contributed by atoms with Gasteiger partial charge in [-0.25, -0.2) is 4.98 Å². The number of aromatic nitrogens is 1. The monoisotopic (exact) mass is 661 g/mol. The molecule has 1 unspecified atom stereocenters. The van der Waals surface area contributed by atoms with Crippen molar-refractivity contribution in [2.75, 3.05) is 37.2 Å². The number of amides is 1. The lowest BCUT2D eigenvalue weighted by Gasteiger charge is -2.32. The number of likely N-dealkylation sites (tertiary alicyclic amines) is 1. The van der Waals surface area contributed by atoms with Gasteiger partial charge in [-0.3, -0.25) is 9.69 Å². The van der Waals surface area contributed by atoms with Crippen LogP contribution in [0.15, 0.2) is 52.2 Å². The highest BCUT2D eigenvalue weighted by atomic mass is 35.5. The van der Waals surface area contributed by atoms with Crippen molar-refractivity contribution >= 4 is 82.7 Å². The van der Waals surface area contributed by atoms with Gasteiger partial charge in [-0.05, 0) is 62.1 Å². The van der Waals surface area contributed by atoms with E-state index < -0.39 is 0 Å². The molecule has 0 bridgehead atoms. The Labute approximate surface area is 267 Å². The molecular weight excluding hydrogens is 628 g/mol. The van der Waals surface area contributed by atoms with Crippen LogP contribution in [0.2, 0.25) is 10.0 Å². The summed E-state index contributed by atoms with van der Waals surface area (Å²) in [7, 11) is 0. The van der Waals surface area contributed by atoms with Crippen LogP contribution >= 0.6 is 71.1 Å². The first kappa shape index (κ1) is 33.3. The molecule has 218 valence electrons. The molecule has 6 nitrogen and oxygen atoms in total. The number of anilines is 1. The van der Waals surface area contributed by atoms with Crippen LogP contribution in [0, 0.1) is 0 Å². The molecule has 1 amide bonds. The Morgan fingerprint density at radius 3 is 2.67 bits per heavy atom. The van der Waals surface area contributed by atoms with E-state index in [0.717, 1.165) is 72.4 Å². The molecule has 40 heavy (non-hydrogen) atoms. The Bertz CT molecular complexity index is 1230. The summed E-state index contributed by atoms with van der Waals surface area (Å²) < 4.78 is 0.917. The SMILES string of the molecule is Cl.Cl.O=C(CSc1nc(-c2cccc(NCC3CCCN3)c2)cs1)NC1CCN(Cc2ccc(Cl)c(Cl)c2)CC1. The first-order chi connectivity index (χ1) is 18.5. The lowest BCUT2D eigenvalue weighted by atomic mass is 10.0. The summed E-state index contributed by atoms with van der Waals surface area (Å²) in [6.45, 7) is 4.78. The van der Waals surface area contributed by atoms with Crippen LogP contribution in [0.25, 0.3) is 11.3 Å². The van der Waals surface area contributed by atoms with Gasteiger partial charge in [-0.15, -0.1) is 36.2 Å². The van der Waals surface area contributed by atoms with Gasteiger partial charge >= 0.3 is 0 Å². The van der Waals surface area contributed by atoms with Crippen molar-refractivity contribution in [1.29, 1.82) is 0 Å². The number of rotatable bonds is 10. The Balaban J connectivity index is 0.00000220. The van der Waals surface area contributed by atoms with E-state index in [1.54, 1.807) is 11.3 Å². The van der Waals surface area contributed by atoms with E-state index in [1.807, 2.05) is 18.2 Å². The molecule has 0 radical (unpaired) electrons. The van der Waals surface area contributed by atoms with Crippen molar-refractivity contribution in [2.24, 2.45) is 0 Å². The number of halogens is 4. The molecule has 2 aromatic carbocycles. The summed E-state index contributed by atoms with van der Waals surface area (Å²) in [5.74, 6) is 0.452. The van der Waals surface area contributed by atoms with Crippen molar-refractivity contribution in [3.05, 3.63) is 63.5 Å². The Hall–Kier alpha value is -1.23. The normalized spacial score (nSPS) is 17.6. The van der Waals surface area contributed by atoms with Gasteiger partial charge in [-0.1, -0.05) is 53.2 Å². The molecule has 2 saturated heterocycles. The second kappa shape index (κ2) is 16.4. The second-order valence-corrected chi connectivity index (χ2v) is 12.8. The number of carbonyl (C=O) groups is 1. The summed E-state index contributed by atoms with van der Waals surface area (Å²) in [6.07, 6.45) is 4.37. The highest BCUT2D eigenvalue weighted by Gasteiger charge is 2.21. The van der Waals surface area contributed by atoms with Gasteiger partial charge in [0.2, 0.25) is 5.91 Å². The standard InChI is InChI=1S/C28H33Cl2N5OS2.2ClH/c29-24-7-6-19(13-25(24)30)16-35-11-8-21(9-12-35)33-27(36)18-38-28-34-26(17-37-28)20-3-1-4-22(14-20)32-15-23-5-2-10-31-23;;/h1,3-4,6-7,13-14,17,21,23,31-32H,2,5,8-12,15-16,18H2,(H,33,36);2*1H. The maximum atomic E-state index is 12.6. The number of nitrogens with one attached hydrogen (secondary N) is 3. The van der Waals surface area contributed by atoms with Crippen LogP contribution in [-0.2, 0) is 11.3 Å². The summed E-state index contributed by atoms with van der Waals surface area (Å²) in [4.78, 5) is 19.8. The van der Waals surface area contributed by atoms with Gasteiger partial charge in [0.25, 0.3) is 0 Å². The first-order valence-corrected chi connectivity index (χ1v) is 15.8. The second-order valence-electron chi connectivity index (χ2n) is 9.91. The molecule has 3 N–H and O–H groups in total. The maximum Gasteiger partial charge on any atom is 0.230 e. The van der Waals surface area contributed by atoms with E-state index in [-0.39, 0.29) is 36.8 Å². The molecule has 5 rings (SSSR count). The molecule has 2 fully saturated rings. The molecule has 3 heterocycles. The highest BCUT2D eigenvalue weighted by Crippen LogP contribution is 2.30. The van der Waals surface area contributed by atoms with Gasteiger partial charge in [0.15, 0.2) is 4.34 Å². The molecule has 2 aliphatic rings. The van der Waals surface area contributed by atoms with Crippen LogP contribution < -0.4 is 16.0 Å². The maximum absolute atomic E-state index is 12.6. The summed E-state index contributed by atoms with van der Waals surface area (Å²) in [5.41, 5.74) is 4.32. The number of carbonyl (C=O) groups excluding carboxylic acids is 1. The number of thiazole rings is 1. The number of hydrogen-bond donors (Lipinski definition) is 3. The fourth-order valence-electron chi connectivity index (χ4n) is 4.94. The molecule has 0 aliphatic carbocycles. The quantitative estimate of drug-likeness (QED) is 0.203. The number of piperidine rings is 1. The third kappa shape index (κ3) is 9.66. The van der Waals surface area contributed by atoms with Crippen LogP contribution in [0.3, 0.4) is 0 Å². The van der Waals surface area contributed by atoms with E-state index >= 15 is 0 Å². The van der Waals surface area contributed by atoms with E-state index in [4.69, 9.17) is 28.2 Å². The fraction of sp³-hybridized carbons (Fsp3) is 0.429. The van der Waals surface area contributed by atoms with Gasteiger partial charge in [0.1, 0.15) is 0 Å². The van der Waals surface area contributed by atoms with Crippen LogP contribution in [0.5, 0.6) is 0 Å². The zero-order chi connectivity index (χ0) is 26.3. The van der Waals surface area contributed by atoms with Crippen molar-refractivity contribution in [2.45, 2.75) is 48.7 Å². The van der Waals surface area contributed by atoms with Crippen LogP contribution in [-0.4, -0.2) is 59.8 Å². The van der Waals surface area contributed by atoms with Crippen molar-refractivity contribution in [1.82, 2.24) is 20.5 Å². The molecule has 12 heteroatoms. The average Bonchev–Trinajstić information content (AvgIpc) is 3.62. The molecule has 1 atom stereocenters. The molecule has 1 aromatic heterocycles. The number of nitrogens with zero attached hydrogens (tertiary/aromatic N) is 2. The van der Waals surface area contributed by atoms with Crippen molar-refractivity contribution < 1.29 is 4.79 Å². The molecule has 0 spiro atoms. The largest absolute Gasteiger partial charge is 0.383 e. The number of thioether (sulfide) groups is 1. The zero-order valence-electron chi connectivity index (χ0n) is 22.0. The van der Waals surface area contributed by atoms with Gasteiger partial charge in [0, 0.05) is 54.9 Å². The number of benzene rings is 2. The number of hydrogen-bond acceptors (Lipinski definition) is 7. The molecule has 3 aromatic rings. The summed E-state index contributed by atoms with van der Waals surface area (Å²) in [5, 5.41) is 13.5. The first-order valence-electron chi connectivity index (χ1n) is 13.1. The van der Waals surface area contributed by atoms with Crippen molar-refractivity contribution in [3.63, 3.8) is 0 Å². The summed E-state index contributed by atoms with van der Waals surface area (Å²) >= 11 is 15.3. The topological polar surface area (TPSA) is 69.3 Å². The van der Waals surface area contributed by atoms with Crippen LogP contribution in [0.4, 0.5) is 5.69 Å². The lowest BCUT2D eigenvalue weighted by Crippen LogP contribution is -2.44.